The third-order valence-corrected chi connectivity index (χ3v) is 5.57. The number of hydrogen-bond acceptors (Lipinski definition) is 1. The van der Waals surface area contributed by atoms with E-state index in [4.69, 9.17) is 5.11 Å². The summed E-state index contributed by atoms with van der Waals surface area (Å²) in [5.41, 5.74) is 2.04. The first kappa shape index (κ1) is 14.4. The molecule has 0 saturated heterocycles. The monoisotopic (exact) mass is 314 g/mol. The van der Waals surface area contributed by atoms with Crippen molar-refractivity contribution >= 4 is 30.0 Å². The molecule has 94 valence electrons. The summed E-state index contributed by atoms with van der Waals surface area (Å²) in [4.78, 5) is 11.1. The van der Waals surface area contributed by atoms with Gasteiger partial charge in [-0.2, -0.15) is 0 Å². The van der Waals surface area contributed by atoms with E-state index in [1.54, 1.807) is 0 Å². The topological polar surface area (TPSA) is 37.3 Å². The molecule has 0 aliphatic rings. The minimum Gasteiger partial charge on any atom is -0.481 e. The second-order valence-electron chi connectivity index (χ2n) is 5.50. The maximum Gasteiger partial charge on any atom is 0.307 e. The van der Waals surface area contributed by atoms with Crippen molar-refractivity contribution < 1.29 is 9.90 Å². The number of rotatable bonds is 5. The number of alkyl halides is 1. The Balaban J connectivity index is 2.92. The lowest BCUT2D eigenvalue weighted by molar-refractivity contribution is -0.136. The Morgan fingerprint density at radius 1 is 1.35 bits per heavy atom. The molecular weight excluding hydrogens is 296 g/mol. The number of aliphatic carboxylic acids is 1. The molecule has 1 atom stereocenters. The van der Waals surface area contributed by atoms with Crippen molar-refractivity contribution in [2.24, 2.45) is 0 Å². The summed E-state index contributed by atoms with van der Waals surface area (Å²) < 4.78 is 0. The van der Waals surface area contributed by atoms with Crippen LogP contribution < -0.4 is 0 Å². The Morgan fingerprint density at radius 2 is 1.94 bits per heavy atom. The fraction of sp³-hybridized carbons (Fsp3) is 0.462. The number of benzene rings is 1. The van der Waals surface area contributed by atoms with Gasteiger partial charge in [0, 0.05) is 12.9 Å². The van der Waals surface area contributed by atoms with E-state index < -0.39 is 14.0 Å². The number of hydrogen-bond donors (Lipinski definition) is 1. The zero-order valence-electron chi connectivity index (χ0n) is 10.5. The van der Waals surface area contributed by atoms with E-state index in [0.717, 1.165) is 17.2 Å². The van der Waals surface area contributed by atoms with Crippen molar-refractivity contribution in [3.63, 3.8) is 0 Å². The Kier molecular flexibility index (Phi) is 4.95. The third-order valence-electron chi connectivity index (χ3n) is 2.53. The van der Waals surface area contributed by atoms with Crippen LogP contribution in [0.4, 0.5) is 0 Å². The molecule has 2 nitrogen and oxygen atoms in total. The SMILES string of the molecule is C[Si](C)(C)CC(Br)c1ccccc1CC(=O)O. The Hall–Kier alpha value is -0.613. The molecule has 0 fully saturated rings. The smallest absolute Gasteiger partial charge is 0.307 e. The van der Waals surface area contributed by atoms with Crippen molar-refractivity contribution in [1.82, 2.24) is 0 Å². The van der Waals surface area contributed by atoms with Crippen molar-refractivity contribution in [2.75, 3.05) is 0 Å². The van der Waals surface area contributed by atoms with Crippen LogP contribution in [0.3, 0.4) is 0 Å². The maximum atomic E-state index is 10.8. The standard InChI is InChI=1S/C13H19BrO2Si/c1-17(2,3)9-12(14)11-7-5-4-6-10(11)8-13(15)16/h4-7,12H,8-9H2,1-3H3,(H,15,16). The minimum absolute atomic E-state index is 0.101. The molecule has 1 aromatic carbocycles. The van der Waals surface area contributed by atoms with Crippen molar-refractivity contribution in [1.29, 1.82) is 0 Å². The van der Waals surface area contributed by atoms with Gasteiger partial charge in [-0.3, -0.25) is 4.79 Å². The Labute approximate surface area is 112 Å². The zero-order chi connectivity index (χ0) is 13.1. The van der Waals surface area contributed by atoms with E-state index >= 15 is 0 Å². The van der Waals surface area contributed by atoms with Crippen LogP contribution in [0.2, 0.25) is 25.7 Å². The predicted molar refractivity (Wildman–Crippen MR) is 77.6 cm³/mol. The van der Waals surface area contributed by atoms with E-state index in [0.29, 0.717) is 0 Å². The number of carboxylic acid groups (broad SMARTS) is 1. The van der Waals surface area contributed by atoms with Gasteiger partial charge >= 0.3 is 5.97 Å². The van der Waals surface area contributed by atoms with E-state index in [1.807, 2.05) is 24.3 Å². The van der Waals surface area contributed by atoms with Crippen molar-refractivity contribution in [3.05, 3.63) is 35.4 Å². The molecule has 0 aromatic heterocycles. The molecule has 4 heteroatoms. The lowest BCUT2D eigenvalue weighted by Gasteiger charge is -2.22. The summed E-state index contributed by atoms with van der Waals surface area (Å²) >= 11 is 3.70. The highest BCUT2D eigenvalue weighted by molar-refractivity contribution is 9.09. The van der Waals surface area contributed by atoms with E-state index in [-0.39, 0.29) is 11.2 Å². The molecule has 1 N–H and O–H groups in total. The van der Waals surface area contributed by atoms with Crippen molar-refractivity contribution in [2.45, 2.75) is 36.9 Å². The second-order valence-corrected chi connectivity index (χ2v) is 12.1. The lowest BCUT2D eigenvalue weighted by atomic mass is 10.0. The van der Waals surface area contributed by atoms with Gasteiger partial charge in [-0.25, -0.2) is 0 Å². The average molecular weight is 315 g/mol. The van der Waals surface area contributed by atoms with Crippen LogP contribution in [0.1, 0.15) is 16.0 Å². The van der Waals surface area contributed by atoms with Crippen LogP contribution in [0.15, 0.2) is 24.3 Å². The van der Waals surface area contributed by atoms with Crippen LogP contribution >= 0.6 is 15.9 Å². The summed E-state index contributed by atoms with van der Waals surface area (Å²) in [6.07, 6.45) is 0.101. The Morgan fingerprint density at radius 3 is 2.47 bits per heavy atom. The summed E-state index contributed by atoms with van der Waals surface area (Å²) in [5.74, 6) is -0.773. The first-order valence-corrected chi connectivity index (χ1v) is 10.4. The van der Waals surface area contributed by atoms with Gasteiger partial charge < -0.3 is 5.11 Å². The van der Waals surface area contributed by atoms with Gasteiger partial charge in [0.15, 0.2) is 0 Å². The fourth-order valence-electron chi connectivity index (χ4n) is 1.81. The fourth-order valence-corrected chi connectivity index (χ4v) is 6.47. The largest absolute Gasteiger partial charge is 0.481 e. The van der Waals surface area contributed by atoms with Crippen LogP contribution in [0, 0.1) is 0 Å². The van der Waals surface area contributed by atoms with Crippen LogP contribution in [0.5, 0.6) is 0 Å². The predicted octanol–water partition coefficient (Wildman–Crippen LogP) is 4.09. The number of carbonyl (C=O) groups is 1. The lowest BCUT2D eigenvalue weighted by Crippen LogP contribution is -2.21. The van der Waals surface area contributed by atoms with Gasteiger partial charge in [0.1, 0.15) is 0 Å². The van der Waals surface area contributed by atoms with Crippen LogP contribution in [-0.2, 0) is 11.2 Å². The quantitative estimate of drug-likeness (QED) is 0.656. The summed E-state index contributed by atoms with van der Waals surface area (Å²) in [5, 5.41) is 8.90. The maximum absolute atomic E-state index is 10.8. The van der Waals surface area contributed by atoms with Crippen LogP contribution in [0.25, 0.3) is 0 Å². The second kappa shape index (κ2) is 5.82. The van der Waals surface area contributed by atoms with Gasteiger partial charge in [-0.1, -0.05) is 59.8 Å². The molecule has 0 aliphatic carbocycles. The first-order chi connectivity index (χ1) is 7.79. The summed E-state index contributed by atoms with van der Waals surface area (Å²) in [7, 11) is -1.16. The van der Waals surface area contributed by atoms with Gasteiger partial charge in [0.2, 0.25) is 0 Å². The normalized spacial score (nSPS) is 13.4. The number of halogens is 1. The molecular formula is C13H19BrO2Si. The summed E-state index contributed by atoms with van der Waals surface area (Å²) in [6, 6.07) is 8.92. The molecule has 0 saturated carbocycles. The molecule has 17 heavy (non-hydrogen) atoms. The molecule has 0 amide bonds. The van der Waals surface area contributed by atoms with E-state index in [2.05, 4.69) is 35.6 Å². The zero-order valence-corrected chi connectivity index (χ0v) is 13.1. The van der Waals surface area contributed by atoms with E-state index in [9.17, 15) is 4.79 Å². The van der Waals surface area contributed by atoms with Gasteiger partial charge in [-0.15, -0.1) is 0 Å². The Bertz CT molecular complexity index is 399. The highest BCUT2D eigenvalue weighted by Crippen LogP contribution is 2.34. The first-order valence-electron chi connectivity index (χ1n) is 5.73. The average Bonchev–Trinajstić information content (AvgIpc) is 2.14. The highest BCUT2D eigenvalue weighted by atomic mass is 79.9. The molecule has 0 aliphatic heterocycles. The van der Waals surface area contributed by atoms with Crippen LogP contribution in [-0.4, -0.2) is 19.1 Å². The molecule has 1 rings (SSSR count). The molecule has 0 spiro atoms. The van der Waals surface area contributed by atoms with E-state index in [1.165, 1.54) is 0 Å². The number of carboxylic acids is 1. The molecule has 0 radical (unpaired) electrons. The summed E-state index contributed by atoms with van der Waals surface area (Å²) in [6.45, 7) is 6.96. The van der Waals surface area contributed by atoms with Crippen molar-refractivity contribution in [3.8, 4) is 0 Å². The molecule has 1 unspecified atom stereocenters. The molecule has 1 aromatic rings. The van der Waals surface area contributed by atoms with Gasteiger partial charge in [0.25, 0.3) is 0 Å². The molecule has 0 heterocycles. The minimum atomic E-state index is -1.16. The van der Waals surface area contributed by atoms with Gasteiger partial charge in [-0.05, 0) is 17.2 Å². The highest BCUT2D eigenvalue weighted by Gasteiger charge is 2.21. The molecule has 0 bridgehead atoms. The van der Waals surface area contributed by atoms with Gasteiger partial charge in [0.05, 0.1) is 6.42 Å². The third kappa shape index (κ3) is 5.04.